The number of hydrogen-bond donors (Lipinski definition) is 0. The zero-order valence-electron chi connectivity index (χ0n) is 9.65. The lowest BCUT2D eigenvalue weighted by Crippen LogP contribution is -2.16. The summed E-state index contributed by atoms with van der Waals surface area (Å²) < 4.78 is 3.26. The Labute approximate surface area is 103 Å². The van der Waals surface area contributed by atoms with E-state index >= 15 is 0 Å². The molecule has 2 aromatic heterocycles. The molecule has 18 heavy (non-hydrogen) atoms. The zero-order valence-corrected chi connectivity index (χ0v) is 9.65. The van der Waals surface area contributed by atoms with E-state index in [4.69, 9.17) is 10.5 Å². The van der Waals surface area contributed by atoms with Gasteiger partial charge in [0.1, 0.15) is 5.65 Å². The predicted molar refractivity (Wildman–Crippen MR) is 63.4 cm³/mol. The van der Waals surface area contributed by atoms with Gasteiger partial charge in [-0.2, -0.15) is 10.5 Å². The summed E-state index contributed by atoms with van der Waals surface area (Å²) in [6, 6.07) is 5.93. The highest BCUT2D eigenvalue weighted by Crippen LogP contribution is 2.11. The topological polar surface area (TPSA) is 86.9 Å². The van der Waals surface area contributed by atoms with Gasteiger partial charge in [-0.3, -0.25) is 4.40 Å². The van der Waals surface area contributed by atoms with Crippen LogP contribution in [0.25, 0.3) is 5.65 Å². The van der Waals surface area contributed by atoms with E-state index in [9.17, 15) is 4.79 Å². The SMILES string of the molecule is N#CCCC(C#N)Cn1ccn2c(=O)nccc12. The van der Waals surface area contributed by atoms with E-state index in [-0.39, 0.29) is 11.6 Å². The molecule has 0 N–H and O–H groups in total. The van der Waals surface area contributed by atoms with Gasteiger partial charge in [0.15, 0.2) is 0 Å². The van der Waals surface area contributed by atoms with Gasteiger partial charge in [0.05, 0.1) is 18.1 Å². The first-order valence-electron chi connectivity index (χ1n) is 5.55. The molecular formula is C12H11N5O. The van der Waals surface area contributed by atoms with Gasteiger partial charge in [0.2, 0.25) is 0 Å². The van der Waals surface area contributed by atoms with Crippen molar-refractivity contribution < 1.29 is 0 Å². The average Bonchev–Trinajstić information content (AvgIpc) is 2.79. The lowest BCUT2D eigenvalue weighted by molar-refractivity contribution is 0.520. The number of rotatable bonds is 4. The van der Waals surface area contributed by atoms with Crippen LogP contribution in [0.15, 0.2) is 29.5 Å². The normalized spacial score (nSPS) is 11.9. The highest BCUT2D eigenvalue weighted by molar-refractivity contribution is 5.37. The molecule has 0 aliphatic heterocycles. The molecule has 0 aromatic carbocycles. The van der Waals surface area contributed by atoms with Gasteiger partial charge < -0.3 is 4.57 Å². The molecule has 6 nitrogen and oxygen atoms in total. The van der Waals surface area contributed by atoms with E-state index in [1.165, 1.54) is 10.6 Å². The fourth-order valence-electron chi connectivity index (χ4n) is 1.83. The number of nitriles is 2. The van der Waals surface area contributed by atoms with Gasteiger partial charge in [0.25, 0.3) is 0 Å². The summed E-state index contributed by atoms with van der Waals surface area (Å²) in [5.74, 6) is -0.232. The van der Waals surface area contributed by atoms with Crippen molar-refractivity contribution in [2.24, 2.45) is 5.92 Å². The van der Waals surface area contributed by atoms with Crippen LogP contribution in [0.4, 0.5) is 0 Å². The maximum absolute atomic E-state index is 11.4. The van der Waals surface area contributed by atoms with Crippen molar-refractivity contribution in [3.8, 4) is 12.1 Å². The first-order valence-corrected chi connectivity index (χ1v) is 5.55. The summed E-state index contributed by atoms with van der Waals surface area (Å²) in [4.78, 5) is 15.1. The number of fused-ring (bicyclic) bond motifs is 1. The highest BCUT2D eigenvalue weighted by atomic mass is 16.1. The average molecular weight is 241 g/mol. The molecule has 0 radical (unpaired) electrons. The lowest BCUT2D eigenvalue weighted by Gasteiger charge is -2.08. The van der Waals surface area contributed by atoms with Gasteiger partial charge >= 0.3 is 5.69 Å². The van der Waals surface area contributed by atoms with Crippen LogP contribution in [0.2, 0.25) is 0 Å². The van der Waals surface area contributed by atoms with E-state index in [1.807, 2.05) is 10.6 Å². The van der Waals surface area contributed by atoms with Crippen LogP contribution in [0, 0.1) is 28.6 Å². The van der Waals surface area contributed by atoms with Crippen LogP contribution in [0.5, 0.6) is 0 Å². The van der Waals surface area contributed by atoms with Crippen LogP contribution in [0.3, 0.4) is 0 Å². The Kier molecular flexibility index (Phi) is 3.40. The Morgan fingerprint density at radius 1 is 1.39 bits per heavy atom. The van der Waals surface area contributed by atoms with E-state index in [1.54, 1.807) is 18.5 Å². The van der Waals surface area contributed by atoms with Crippen LogP contribution >= 0.6 is 0 Å². The third-order valence-electron chi connectivity index (χ3n) is 2.76. The van der Waals surface area contributed by atoms with Crippen molar-refractivity contribution in [2.75, 3.05) is 0 Å². The van der Waals surface area contributed by atoms with Gasteiger partial charge in [-0.25, -0.2) is 9.78 Å². The minimum absolute atomic E-state index is 0.232. The van der Waals surface area contributed by atoms with Crippen molar-refractivity contribution in [1.29, 1.82) is 10.5 Å². The quantitative estimate of drug-likeness (QED) is 0.797. The molecule has 0 spiro atoms. The lowest BCUT2D eigenvalue weighted by atomic mass is 10.1. The Bertz CT molecular complexity index is 685. The minimum atomic E-state index is -0.336. The molecule has 0 amide bonds. The van der Waals surface area contributed by atoms with E-state index in [2.05, 4.69) is 11.1 Å². The molecule has 0 saturated carbocycles. The molecule has 2 aromatic rings. The maximum Gasteiger partial charge on any atom is 0.353 e. The second kappa shape index (κ2) is 5.15. The fourth-order valence-corrected chi connectivity index (χ4v) is 1.83. The van der Waals surface area contributed by atoms with Crippen LogP contribution in [-0.2, 0) is 6.54 Å². The Morgan fingerprint density at radius 2 is 2.22 bits per heavy atom. The van der Waals surface area contributed by atoms with Crippen LogP contribution in [-0.4, -0.2) is 14.0 Å². The van der Waals surface area contributed by atoms with Crippen molar-refractivity contribution in [2.45, 2.75) is 19.4 Å². The van der Waals surface area contributed by atoms with Gasteiger partial charge in [0, 0.05) is 31.6 Å². The summed E-state index contributed by atoms with van der Waals surface area (Å²) >= 11 is 0. The number of aromatic nitrogens is 3. The Hall–Kier alpha value is -2.60. The largest absolute Gasteiger partial charge is 0.353 e. The molecule has 1 atom stereocenters. The van der Waals surface area contributed by atoms with Gasteiger partial charge in [-0.05, 0) is 12.5 Å². The smallest absolute Gasteiger partial charge is 0.331 e. The van der Waals surface area contributed by atoms with Crippen LogP contribution in [0.1, 0.15) is 12.8 Å². The van der Waals surface area contributed by atoms with E-state index in [0.29, 0.717) is 25.0 Å². The number of nitrogens with zero attached hydrogens (tertiary/aromatic N) is 5. The number of imidazole rings is 1. The van der Waals surface area contributed by atoms with E-state index in [0.717, 1.165) is 0 Å². The zero-order chi connectivity index (χ0) is 13.0. The molecule has 2 rings (SSSR count). The molecule has 0 fully saturated rings. The Morgan fingerprint density at radius 3 is 2.94 bits per heavy atom. The summed E-state index contributed by atoms with van der Waals surface area (Å²) in [5, 5.41) is 17.5. The van der Waals surface area contributed by atoms with Crippen molar-refractivity contribution in [1.82, 2.24) is 14.0 Å². The molecule has 0 aliphatic carbocycles. The molecule has 0 aliphatic rings. The van der Waals surface area contributed by atoms with Gasteiger partial charge in [-0.15, -0.1) is 0 Å². The second-order valence-electron chi connectivity index (χ2n) is 3.93. The monoisotopic (exact) mass is 241 g/mol. The second-order valence-corrected chi connectivity index (χ2v) is 3.93. The molecule has 0 bridgehead atoms. The first-order chi connectivity index (χ1) is 8.76. The first kappa shape index (κ1) is 11.9. The van der Waals surface area contributed by atoms with Gasteiger partial charge in [-0.1, -0.05) is 0 Å². The molecule has 2 heterocycles. The summed E-state index contributed by atoms with van der Waals surface area (Å²) in [5.41, 5.74) is 0.365. The standard InChI is InChI=1S/C12H11N5O/c13-4-1-2-10(8-14)9-16-6-7-17-11(16)3-5-15-12(17)18/h3,5-7,10H,1-2,9H2. The summed E-state index contributed by atoms with van der Waals surface area (Å²) in [7, 11) is 0. The molecule has 0 saturated heterocycles. The Balaban J connectivity index is 2.27. The van der Waals surface area contributed by atoms with Crippen molar-refractivity contribution >= 4 is 5.65 Å². The van der Waals surface area contributed by atoms with E-state index < -0.39 is 0 Å². The summed E-state index contributed by atoms with van der Waals surface area (Å²) in [6.45, 7) is 0.470. The molecule has 1 unspecified atom stereocenters. The van der Waals surface area contributed by atoms with Crippen molar-refractivity contribution in [3.63, 3.8) is 0 Å². The highest BCUT2D eigenvalue weighted by Gasteiger charge is 2.10. The minimum Gasteiger partial charge on any atom is -0.331 e. The molecule has 90 valence electrons. The summed E-state index contributed by atoms with van der Waals surface area (Å²) in [6.07, 6.45) is 5.72. The number of hydrogen-bond acceptors (Lipinski definition) is 4. The molecular weight excluding hydrogens is 230 g/mol. The third kappa shape index (κ3) is 2.23. The van der Waals surface area contributed by atoms with Crippen LogP contribution < -0.4 is 5.69 Å². The molecule has 6 heteroatoms. The third-order valence-corrected chi connectivity index (χ3v) is 2.76. The maximum atomic E-state index is 11.4. The van der Waals surface area contributed by atoms with Crippen molar-refractivity contribution in [3.05, 3.63) is 35.1 Å². The fraction of sp³-hybridized carbons (Fsp3) is 0.333. The predicted octanol–water partition coefficient (Wildman–Crippen LogP) is 0.940.